The number of pyridine rings is 1. The Balaban J connectivity index is 1.69. The van der Waals surface area contributed by atoms with Gasteiger partial charge in [-0.1, -0.05) is 18.2 Å². The summed E-state index contributed by atoms with van der Waals surface area (Å²) in [5.41, 5.74) is -0.0363. The molecule has 1 heterocycles. The summed E-state index contributed by atoms with van der Waals surface area (Å²) in [6, 6.07) is 10.3. The van der Waals surface area contributed by atoms with Crippen LogP contribution in [0.1, 0.15) is 12.8 Å². The second kappa shape index (κ2) is 4.82. The molecule has 0 spiro atoms. The largest absolute Gasteiger partial charge is 0.370 e. The quantitative estimate of drug-likeness (QED) is 0.700. The molecule has 94 valence electrons. The van der Waals surface area contributed by atoms with Gasteiger partial charge in [0.05, 0.1) is 0 Å². The Morgan fingerprint density at radius 1 is 1.22 bits per heavy atom. The SMILES string of the molecule is O=c1[nH]c(NCCNC2CC2)cc2ccccc12. The van der Waals surface area contributed by atoms with E-state index in [1.165, 1.54) is 12.8 Å². The first kappa shape index (κ1) is 11.3. The normalized spacial score (nSPS) is 14.9. The number of H-pyrrole nitrogens is 1. The lowest BCUT2D eigenvalue weighted by Gasteiger charge is -2.07. The van der Waals surface area contributed by atoms with Gasteiger partial charge in [0.25, 0.3) is 5.56 Å². The maximum absolute atomic E-state index is 11.8. The van der Waals surface area contributed by atoms with Crippen LogP contribution in [0.25, 0.3) is 10.8 Å². The molecule has 1 aromatic heterocycles. The van der Waals surface area contributed by atoms with Crippen LogP contribution in [-0.2, 0) is 0 Å². The van der Waals surface area contributed by atoms with Crippen molar-refractivity contribution in [3.05, 3.63) is 40.7 Å². The van der Waals surface area contributed by atoms with Crippen molar-refractivity contribution >= 4 is 16.6 Å². The van der Waals surface area contributed by atoms with E-state index >= 15 is 0 Å². The van der Waals surface area contributed by atoms with Gasteiger partial charge in [-0.05, 0) is 30.4 Å². The van der Waals surface area contributed by atoms with E-state index in [1.54, 1.807) is 0 Å². The lowest BCUT2D eigenvalue weighted by molar-refractivity contribution is 0.700. The van der Waals surface area contributed by atoms with E-state index in [0.717, 1.165) is 35.7 Å². The predicted molar refractivity (Wildman–Crippen MR) is 74.1 cm³/mol. The highest BCUT2D eigenvalue weighted by Gasteiger charge is 2.19. The highest BCUT2D eigenvalue weighted by Crippen LogP contribution is 2.18. The van der Waals surface area contributed by atoms with Crippen molar-refractivity contribution in [2.45, 2.75) is 18.9 Å². The number of aromatic amines is 1. The van der Waals surface area contributed by atoms with Crippen LogP contribution in [0.2, 0.25) is 0 Å². The van der Waals surface area contributed by atoms with Crippen molar-refractivity contribution in [1.29, 1.82) is 0 Å². The van der Waals surface area contributed by atoms with E-state index in [-0.39, 0.29) is 5.56 Å². The van der Waals surface area contributed by atoms with Crippen molar-refractivity contribution in [1.82, 2.24) is 10.3 Å². The molecule has 1 aromatic carbocycles. The molecule has 0 amide bonds. The Kier molecular flexibility index (Phi) is 3.02. The second-order valence-electron chi connectivity index (χ2n) is 4.75. The number of rotatable bonds is 5. The molecular weight excluding hydrogens is 226 g/mol. The standard InChI is InChI=1S/C14H17N3O/c18-14-12-4-2-1-3-10(12)9-13(17-14)16-8-7-15-11-5-6-11/h1-4,9,11,15H,5-8H2,(H2,16,17,18). The maximum atomic E-state index is 11.8. The van der Waals surface area contributed by atoms with E-state index in [0.29, 0.717) is 0 Å². The number of anilines is 1. The molecule has 3 N–H and O–H groups in total. The highest BCUT2D eigenvalue weighted by molar-refractivity contribution is 5.83. The van der Waals surface area contributed by atoms with Gasteiger partial charge in [0.1, 0.15) is 5.82 Å². The first-order valence-electron chi connectivity index (χ1n) is 6.42. The molecule has 1 aliphatic rings. The molecule has 1 aliphatic carbocycles. The average Bonchev–Trinajstić information content (AvgIpc) is 3.19. The number of aromatic nitrogens is 1. The molecule has 4 heteroatoms. The summed E-state index contributed by atoms with van der Waals surface area (Å²) >= 11 is 0. The smallest absolute Gasteiger partial charge is 0.257 e. The molecule has 0 atom stereocenters. The van der Waals surface area contributed by atoms with Crippen molar-refractivity contribution in [3.8, 4) is 0 Å². The Labute approximate surface area is 105 Å². The van der Waals surface area contributed by atoms with Gasteiger partial charge in [0.15, 0.2) is 0 Å². The van der Waals surface area contributed by atoms with Gasteiger partial charge in [0.2, 0.25) is 0 Å². The monoisotopic (exact) mass is 243 g/mol. The summed E-state index contributed by atoms with van der Waals surface area (Å²) in [7, 11) is 0. The van der Waals surface area contributed by atoms with Gasteiger partial charge in [-0.3, -0.25) is 4.79 Å². The molecule has 0 radical (unpaired) electrons. The van der Waals surface area contributed by atoms with E-state index in [9.17, 15) is 4.79 Å². The van der Waals surface area contributed by atoms with E-state index in [1.807, 2.05) is 30.3 Å². The molecule has 3 rings (SSSR count). The third-order valence-corrected chi connectivity index (χ3v) is 3.20. The number of hydrogen-bond acceptors (Lipinski definition) is 3. The fourth-order valence-corrected chi connectivity index (χ4v) is 2.07. The van der Waals surface area contributed by atoms with Gasteiger partial charge in [0, 0.05) is 24.5 Å². The van der Waals surface area contributed by atoms with E-state index < -0.39 is 0 Å². The number of fused-ring (bicyclic) bond motifs is 1. The lowest BCUT2D eigenvalue weighted by atomic mass is 10.2. The van der Waals surface area contributed by atoms with Crippen LogP contribution in [0.15, 0.2) is 35.1 Å². The van der Waals surface area contributed by atoms with Gasteiger partial charge >= 0.3 is 0 Å². The summed E-state index contributed by atoms with van der Waals surface area (Å²) in [6.07, 6.45) is 2.60. The van der Waals surface area contributed by atoms with E-state index in [4.69, 9.17) is 0 Å². The minimum absolute atomic E-state index is 0.0363. The van der Waals surface area contributed by atoms with Crippen LogP contribution in [0.4, 0.5) is 5.82 Å². The van der Waals surface area contributed by atoms with Crippen LogP contribution in [0.5, 0.6) is 0 Å². The fourth-order valence-electron chi connectivity index (χ4n) is 2.07. The van der Waals surface area contributed by atoms with Crippen LogP contribution in [-0.4, -0.2) is 24.1 Å². The van der Waals surface area contributed by atoms with Crippen molar-refractivity contribution < 1.29 is 0 Å². The van der Waals surface area contributed by atoms with Gasteiger partial charge in [-0.15, -0.1) is 0 Å². The zero-order chi connectivity index (χ0) is 12.4. The zero-order valence-corrected chi connectivity index (χ0v) is 10.2. The summed E-state index contributed by atoms with van der Waals surface area (Å²) < 4.78 is 0. The van der Waals surface area contributed by atoms with Crippen molar-refractivity contribution in [2.75, 3.05) is 18.4 Å². The van der Waals surface area contributed by atoms with Gasteiger partial charge < -0.3 is 15.6 Å². The number of nitrogens with one attached hydrogen (secondary N) is 3. The maximum Gasteiger partial charge on any atom is 0.257 e. The first-order valence-corrected chi connectivity index (χ1v) is 6.42. The Bertz CT molecular complexity index is 601. The molecule has 2 aromatic rings. The second-order valence-corrected chi connectivity index (χ2v) is 4.75. The van der Waals surface area contributed by atoms with Crippen LogP contribution in [0, 0.1) is 0 Å². The van der Waals surface area contributed by atoms with E-state index in [2.05, 4.69) is 15.6 Å². The predicted octanol–water partition coefficient (Wildman–Crippen LogP) is 1.69. The molecule has 0 aliphatic heterocycles. The Morgan fingerprint density at radius 2 is 2.06 bits per heavy atom. The fraction of sp³-hybridized carbons (Fsp3) is 0.357. The molecular formula is C14H17N3O. The van der Waals surface area contributed by atoms with Gasteiger partial charge in [-0.25, -0.2) is 0 Å². The molecule has 1 saturated carbocycles. The molecule has 0 unspecified atom stereocenters. The summed E-state index contributed by atoms with van der Waals surface area (Å²) in [5, 5.41) is 8.37. The van der Waals surface area contributed by atoms with Crippen LogP contribution < -0.4 is 16.2 Å². The van der Waals surface area contributed by atoms with Crippen molar-refractivity contribution in [3.63, 3.8) is 0 Å². The highest BCUT2D eigenvalue weighted by atomic mass is 16.1. The van der Waals surface area contributed by atoms with Gasteiger partial charge in [-0.2, -0.15) is 0 Å². The summed E-state index contributed by atoms with van der Waals surface area (Å²) in [4.78, 5) is 14.7. The molecule has 1 fully saturated rings. The Morgan fingerprint density at radius 3 is 2.89 bits per heavy atom. The number of benzene rings is 1. The third-order valence-electron chi connectivity index (χ3n) is 3.20. The van der Waals surface area contributed by atoms with Crippen molar-refractivity contribution in [2.24, 2.45) is 0 Å². The third kappa shape index (κ3) is 2.54. The Hall–Kier alpha value is -1.81. The van der Waals surface area contributed by atoms with Crippen LogP contribution in [0.3, 0.4) is 0 Å². The first-order chi connectivity index (χ1) is 8.83. The zero-order valence-electron chi connectivity index (χ0n) is 10.2. The summed E-state index contributed by atoms with van der Waals surface area (Å²) in [6.45, 7) is 1.75. The molecule has 4 nitrogen and oxygen atoms in total. The van der Waals surface area contributed by atoms with Crippen LogP contribution >= 0.6 is 0 Å². The minimum atomic E-state index is -0.0363. The topological polar surface area (TPSA) is 56.9 Å². The lowest BCUT2D eigenvalue weighted by Crippen LogP contribution is -2.24. The molecule has 0 bridgehead atoms. The molecule has 0 saturated heterocycles. The minimum Gasteiger partial charge on any atom is -0.370 e. The average molecular weight is 243 g/mol. The molecule has 18 heavy (non-hydrogen) atoms. The summed E-state index contributed by atoms with van der Waals surface area (Å²) in [5.74, 6) is 0.788. The number of hydrogen-bond donors (Lipinski definition) is 3.